The van der Waals surface area contributed by atoms with Crippen LogP contribution >= 0.6 is 7.60 Å². The molecule has 0 heterocycles. The second kappa shape index (κ2) is 9.70. The lowest BCUT2D eigenvalue weighted by Crippen LogP contribution is -2.27. The van der Waals surface area contributed by atoms with Crippen LogP contribution in [0, 0.1) is 0 Å². The highest BCUT2D eigenvalue weighted by atomic mass is 31.2. The van der Waals surface area contributed by atoms with E-state index in [0.717, 1.165) is 8.97 Å². The Bertz CT molecular complexity index is 235. The van der Waals surface area contributed by atoms with Crippen molar-refractivity contribution in [1.29, 1.82) is 0 Å². The summed E-state index contributed by atoms with van der Waals surface area (Å²) >= 11 is 0. The Balaban J connectivity index is -0.000000197. The summed E-state index contributed by atoms with van der Waals surface area (Å²) in [7, 11) is 12.7. The van der Waals surface area contributed by atoms with Crippen molar-refractivity contribution < 1.29 is 23.3 Å². The summed E-state index contributed by atoms with van der Waals surface area (Å²) in [5.74, 6) is 0. The molecule has 0 bridgehead atoms. The molecule has 5 nitrogen and oxygen atoms in total. The third-order valence-electron chi connectivity index (χ3n) is 0.565. The van der Waals surface area contributed by atoms with Crippen LogP contribution in [0.5, 0.6) is 0 Å². The van der Waals surface area contributed by atoms with Crippen molar-refractivity contribution in [1.82, 2.24) is 0 Å². The summed E-state index contributed by atoms with van der Waals surface area (Å²) in [4.78, 5) is 19.6. The molecule has 0 aliphatic heterocycles. The first kappa shape index (κ1) is 22.9. The van der Waals surface area contributed by atoms with Gasteiger partial charge >= 0.3 is 0 Å². The first-order valence-electron chi connectivity index (χ1n) is 5.76. The number of quaternary nitrogens is 2. The molecule has 0 rings (SSSR count). The van der Waals surface area contributed by atoms with E-state index in [9.17, 15) is 14.4 Å². The lowest BCUT2D eigenvalue weighted by Gasteiger charge is -2.27. The zero-order valence-electron chi connectivity index (χ0n) is 13.4. The van der Waals surface area contributed by atoms with E-state index in [2.05, 4.69) is 56.4 Å². The molecule has 6 heteroatoms. The molecule has 0 unspecified atom stereocenters. The zero-order chi connectivity index (χ0) is 15.6. The molecule has 0 aromatic rings. The van der Waals surface area contributed by atoms with Crippen LogP contribution in [0.2, 0.25) is 0 Å². The van der Waals surface area contributed by atoms with Crippen molar-refractivity contribution in [2.75, 3.05) is 62.5 Å². The average molecular weight is 282 g/mol. The molecule has 0 aliphatic rings. The fraction of sp³-hybridized carbons (Fsp3) is 0.833. The topological polar surface area (TPSA) is 63.2 Å². The number of hydrogen-bond donors (Lipinski definition) is 0. The van der Waals surface area contributed by atoms with Gasteiger partial charge in [-0.2, -0.15) is 0 Å². The van der Waals surface area contributed by atoms with Gasteiger partial charge in [0.05, 0.1) is 56.4 Å². The molecule has 0 amide bonds. The SMILES string of the molecule is CC=CCP(=O)([O-])[O-].C[N+](C)(C)C.C[N+](C)(C)C. The number of rotatable bonds is 2. The smallest absolute Gasteiger partial charge is 0.0675 e. The minimum absolute atomic E-state index is 0.372. The van der Waals surface area contributed by atoms with Gasteiger partial charge in [0.1, 0.15) is 0 Å². The summed E-state index contributed by atoms with van der Waals surface area (Å²) in [5, 5.41) is 0. The predicted octanol–water partition coefficient (Wildman–Crippen LogP) is 0.121. The molecule has 0 aliphatic carbocycles. The lowest BCUT2D eigenvalue weighted by molar-refractivity contribution is -0.849. The molecule has 0 saturated carbocycles. The van der Waals surface area contributed by atoms with Crippen LogP contribution in [-0.2, 0) is 4.57 Å². The predicted molar refractivity (Wildman–Crippen MR) is 75.2 cm³/mol. The largest absolute Gasteiger partial charge is 0.811 e. The Morgan fingerprint density at radius 1 is 0.889 bits per heavy atom. The Labute approximate surface area is 113 Å². The van der Waals surface area contributed by atoms with E-state index >= 15 is 0 Å². The Hall–Kier alpha value is -0.190. The molecule has 112 valence electrons. The number of hydrogen-bond acceptors (Lipinski definition) is 3. The van der Waals surface area contributed by atoms with E-state index in [0.29, 0.717) is 0 Å². The lowest BCUT2D eigenvalue weighted by atomic mass is 10.6. The third-order valence-corrected chi connectivity index (χ3v) is 1.22. The van der Waals surface area contributed by atoms with E-state index in [4.69, 9.17) is 0 Å². The summed E-state index contributed by atoms with van der Waals surface area (Å²) in [6, 6.07) is 0. The summed E-state index contributed by atoms with van der Waals surface area (Å²) in [6.07, 6.45) is 2.48. The molecule has 0 aromatic carbocycles. The van der Waals surface area contributed by atoms with Crippen molar-refractivity contribution >= 4 is 7.60 Å². The first-order valence-corrected chi connectivity index (χ1v) is 7.49. The molecule has 18 heavy (non-hydrogen) atoms. The van der Waals surface area contributed by atoms with Gasteiger partial charge < -0.3 is 23.3 Å². The zero-order valence-corrected chi connectivity index (χ0v) is 14.3. The van der Waals surface area contributed by atoms with Gasteiger partial charge in [0.2, 0.25) is 0 Å². The highest BCUT2D eigenvalue weighted by Gasteiger charge is 1.88. The Morgan fingerprint density at radius 2 is 1.11 bits per heavy atom. The van der Waals surface area contributed by atoms with E-state index < -0.39 is 7.60 Å². The van der Waals surface area contributed by atoms with Gasteiger partial charge in [0.15, 0.2) is 0 Å². The standard InChI is InChI=1S/2C4H12N.C4H9O3P/c2*1-5(2,3)4;1-2-3-4-8(5,6)7/h2*1-4H3;2-3H,4H2,1H3,(H2,5,6,7)/q2*+1;/p-2. The van der Waals surface area contributed by atoms with Crippen molar-refractivity contribution in [2.24, 2.45) is 0 Å². The van der Waals surface area contributed by atoms with Gasteiger partial charge in [0.25, 0.3) is 0 Å². The highest BCUT2D eigenvalue weighted by molar-refractivity contribution is 7.48. The van der Waals surface area contributed by atoms with Gasteiger partial charge in [-0.1, -0.05) is 19.7 Å². The third kappa shape index (κ3) is 150. The van der Waals surface area contributed by atoms with E-state index in [1.807, 2.05) is 0 Å². The maximum Gasteiger partial charge on any atom is 0.0675 e. The fourth-order valence-corrected chi connectivity index (χ4v) is 0.704. The maximum absolute atomic E-state index is 9.81. The second-order valence-corrected chi connectivity index (χ2v) is 8.32. The normalized spacial score (nSPS) is 12.4. The summed E-state index contributed by atoms with van der Waals surface area (Å²) < 4.78 is 11.8. The van der Waals surface area contributed by atoms with Crippen LogP contribution in [0.4, 0.5) is 0 Å². The van der Waals surface area contributed by atoms with Gasteiger partial charge in [-0.3, -0.25) is 0 Å². The van der Waals surface area contributed by atoms with E-state index in [-0.39, 0.29) is 6.16 Å². The monoisotopic (exact) mass is 282 g/mol. The van der Waals surface area contributed by atoms with Crippen LogP contribution in [0.25, 0.3) is 0 Å². The van der Waals surface area contributed by atoms with Crippen LogP contribution in [0.15, 0.2) is 12.2 Å². The first-order chi connectivity index (χ1) is 7.56. The second-order valence-electron chi connectivity index (χ2n) is 6.73. The van der Waals surface area contributed by atoms with Crippen LogP contribution < -0.4 is 9.79 Å². The molecular formula is C12H31N2O3P. The van der Waals surface area contributed by atoms with Crippen molar-refractivity contribution in [2.45, 2.75) is 6.92 Å². The number of nitrogens with zero attached hydrogens (tertiary/aromatic N) is 2. The maximum atomic E-state index is 9.81. The van der Waals surface area contributed by atoms with Gasteiger partial charge in [-0.15, -0.1) is 0 Å². The summed E-state index contributed by atoms with van der Waals surface area (Å²) in [5.41, 5.74) is 0. The van der Waals surface area contributed by atoms with E-state index in [1.165, 1.54) is 12.2 Å². The molecule has 0 N–H and O–H groups in total. The summed E-state index contributed by atoms with van der Waals surface area (Å²) in [6.45, 7) is 1.66. The minimum atomic E-state index is -4.27. The highest BCUT2D eigenvalue weighted by Crippen LogP contribution is 2.21. The molecule has 0 aromatic heterocycles. The van der Waals surface area contributed by atoms with Crippen LogP contribution in [0.3, 0.4) is 0 Å². The van der Waals surface area contributed by atoms with Gasteiger partial charge in [-0.05, 0) is 13.1 Å². The molecule has 0 radical (unpaired) electrons. The van der Waals surface area contributed by atoms with Crippen LogP contribution in [-0.4, -0.2) is 71.5 Å². The fourth-order valence-electron chi connectivity index (χ4n) is 0.235. The molecular weight excluding hydrogens is 251 g/mol. The Kier molecular flexibility index (Phi) is 12.4. The Morgan fingerprint density at radius 3 is 1.17 bits per heavy atom. The quantitative estimate of drug-likeness (QED) is 0.410. The van der Waals surface area contributed by atoms with Crippen molar-refractivity contribution in [3.05, 3.63) is 12.2 Å². The molecule has 0 atom stereocenters. The van der Waals surface area contributed by atoms with E-state index in [1.54, 1.807) is 6.92 Å². The molecule has 0 fully saturated rings. The minimum Gasteiger partial charge on any atom is -0.811 e. The van der Waals surface area contributed by atoms with Gasteiger partial charge in [-0.25, -0.2) is 0 Å². The van der Waals surface area contributed by atoms with Crippen molar-refractivity contribution in [3.63, 3.8) is 0 Å². The average Bonchev–Trinajstić information content (AvgIpc) is 1.92. The van der Waals surface area contributed by atoms with Crippen LogP contribution in [0.1, 0.15) is 6.92 Å². The molecule has 0 spiro atoms. The molecule has 0 saturated heterocycles. The van der Waals surface area contributed by atoms with Crippen molar-refractivity contribution in [3.8, 4) is 0 Å². The van der Waals surface area contributed by atoms with Gasteiger partial charge in [0, 0.05) is 0 Å². The number of allylic oxidation sites excluding steroid dienone is 2.